The molecule has 1 N–H and O–H groups in total. The lowest BCUT2D eigenvalue weighted by Crippen LogP contribution is -2.66. The first-order chi connectivity index (χ1) is 21.8. The zero-order valence-electron chi connectivity index (χ0n) is 24.9. The van der Waals surface area contributed by atoms with E-state index in [2.05, 4.69) is 15.1 Å². The minimum atomic E-state index is -4.97. The summed E-state index contributed by atoms with van der Waals surface area (Å²) in [6.45, 7) is 2.60. The molecule has 4 atom stereocenters. The van der Waals surface area contributed by atoms with Crippen molar-refractivity contribution in [2.24, 2.45) is 0 Å². The number of hydrogen-bond acceptors (Lipinski definition) is 5. The number of nitrogens with one attached hydrogen (secondary N) is 1. The average molecular weight is 647 g/mol. The van der Waals surface area contributed by atoms with Crippen molar-refractivity contribution >= 4 is 0 Å². The molecule has 6 rings (SSSR count). The van der Waals surface area contributed by atoms with Crippen LogP contribution < -0.4 is 5.69 Å². The van der Waals surface area contributed by atoms with Gasteiger partial charge in [0, 0.05) is 6.54 Å². The van der Waals surface area contributed by atoms with E-state index in [1.54, 1.807) is 4.57 Å². The van der Waals surface area contributed by atoms with Crippen molar-refractivity contribution in [1.29, 1.82) is 0 Å². The molecule has 4 aromatic rings. The molecule has 1 saturated heterocycles. The summed E-state index contributed by atoms with van der Waals surface area (Å²) in [7, 11) is 0. The largest absolute Gasteiger partial charge is 0.416 e. The molecular formula is C33H32F6N4O3. The Hall–Kier alpha value is -3.94. The van der Waals surface area contributed by atoms with E-state index < -0.39 is 40.7 Å². The fraction of sp³-hybridized carbons (Fsp3) is 0.394. The maximum atomic E-state index is 13.6. The van der Waals surface area contributed by atoms with E-state index in [1.165, 1.54) is 6.92 Å². The van der Waals surface area contributed by atoms with Crippen LogP contribution in [-0.2, 0) is 46.1 Å². The van der Waals surface area contributed by atoms with Crippen LogP contribution in [0.3, 0.4) is 0 Å². The molecule has 1 fully saturated rings. The maximum Gasteiger partial charge on any atom is 0.416 e. The Morgan fingerprint density at radius 1 is 0.891 bits per heavy atom. The number of alkyl halides is 6. The molecule has 0 amide bonds. The lowest BCUT2D eigenvalue weighted by Gasteiger charge is -2.56. The number of halogens is 6. The number of benzene rings is 3. The van der Waals surface area contributed by atoms with E-state index in [0.29, 0.717) is 44.0 Å². The number of piperidine rings is 1. The lowest BCUT2D eigenvalue weighted by molar-refractivity contribution is -0.143. The second-order valence-corrected chi connectivity index (χ2v) is 12.0. The molecule has 2 aliphatic rings. The van der Waals surface area contributed by atoms with Gasteiger partial charge in [-0.3, -0.25) is 9.47 Å². The molecule has 0 spiro atoms. The van der Waals surface area contributed by atoms with Gasteiger partial charge in [0.2, 0.25) is 0 Å². The smallest absolute Gasteiger partial charge is 0.374 e. The van der Waals surface area contributed by atoms with Crippen molar-refractivity contribution in [3.63, 3.8) is 0 Å². The van der Waals surface area contributed by atoms with Crippen molar-refractivity contribution in [3.8, 4) is 0 Å². The summed E-state index contributed by atoms with van der Waals surface area (Å²) >= 11 is 0. The highest BCUT2D eigenvalue weighted by molar-refractivity contribution is 5.35. The lowest BCUT2D eigenvalue weighted by atomic mass is 9.73. The van der Waals surface area contributed by atoms with Gasteiger partial charge in [0.1, 0.15) is 5.82 Å². The predicted octanol–water partition coefficient (Wildman–Crippen LogP) is 6.80. The third kappa shape index (κ3) is 6.10. The van der Waals surface area contributed by atoms with Crippen molar-refractivity contribution in [3.05, 3.63) is 123 Å². The molecule has 244 valence electrons. The van der Waals surface area contributed by atoms with Gasteiger partial charge in [0.25, 0.3) is 0 Å². The van der Waals surface area contributed by atoms with Gasteiger partial charge in [0.15, 0.2) is 0 Å². The van der Waals surface area contributed by atoms with Gasteiger partial charge in [-0.25, -0.2) is 9.89 Å². The van der Waals surface area contributed by atoms with Crippen molar-refractivity contribution in [2.45, 2.75) is 62.5 Å². The Kier molecular flexibility index (Phi) is 8.36. The van der Waals surface area contributed by atoms with E-state index in [4.69, 9.17) is 9.47 Å². The molecule has 3 aromatic carbocycles. The quantitative estimate of drug-likeness (QED) is 0.203. The fourth-order valence-electron chi connectivity index (χ4n) is 6.68. The molecule has 2 unspecified atom stereocenters. The second kappa shape index (κ2) is 12.0. The van der Waals surface area contributed by atoms with Crippen LogP contribution in [0.25, 0.3) is 0 Å². The van der Waals surface area contributed by atoms with Crippen molar-refractivity contribution in [2.75, 3.05) is 19.8 Å². The van der Waals surface area contributed by atoms with E-state index in [-0.39, 0.29) is 37.1 Å². The summed E-state index contributed by atoms with van der Waals surface area (Å²) in [5, 5.41) is 6.85. The molecule has 0 saturated carbocycles. The van der Waals surface area contributed by atoms with Gasteiger partial charge in [-0.2, -0.15) is 31.4 Å². The molecule has 0 radical (unpaired) electrons. The van der Waals surface area contributed by atoms with Crippen LogP contribution in [0.15, 0.2) is 83.7 Å². The number of ether oxygens (including phenoxy) is 2. The first-order valence-electron chi connectivity index (χ1n) is 14.8. The SMILES string of the molecule is C[C@@H](OC[C@@]1(c2ccccc2)CCC2(COCc3ccccc3)CN1Cc1n[nH]c(=O)n12)c1cc(C(F)(F)F)cc(C(F)(F)F)c1. The zero-order chi connectivity index (χ0) is 32.7. The first kappa shape index (κ1) is 32.0. The Bertz CT molecular complexity index is 1690. The molecule has 2 bridgehead atoms. The maximum absolute atomic E-state index is 13.6. The average Bonchev–Trinajstić information content (AvgIpc) is 3.41. The van der Waals surface area contributed by atoms with Crippen LogP contribution in [0.5, 0.6) is 0 Å². The highest BCUT2D eigenvalue weighted by Gasteiger charge is 2.54. The van der Waals surface area contributed by atoms with Crippen LogP contribution in [0.2, 0.25) is 0 Å². The molecule has 3 heterocycles. The molecule has 0 aliphatic carbocycles. The third-order valence-corrected chi connectivity index (χ3v) is 9.09. The van der Waals surface area contributed by atoms with Crippen LogP contribution in [0.4, 0.5) is 26.3 Å². The molecular weight excluding hydrogens is 614 g/mol. The summed E-state index contributed by atoms with van der Waals surface area (Å²) in [6.07, 6.45) is -10.1. The summed E-state index contributed by atoms with van der Waals surface area (Å²) in [5.41, 5.74) is -3.11. The monoisotopic (exact) mass is 646 g/mol. The van der Waals surface area contributed by atoms with E-state index in [0.717, 1.165) is 11.1 Å². The normalized spacial score (nSPS) is 23.6. The zero-order valence-corrected chi connectivity index (χ0v) is 24.9. The molecule has 1 aromatic heterocycles. The second-order valence-electron chi connectivity index (χ2n) is 12.0. The minimum Gasteiger partial charge on any atom is -0.374 e. The summed E-state index contributed by atoms with van der Waals surface area (Å²) < 4.78 is 95.6. The summed E-state index contributed by atoms with van der Waals surface area (Å²) in [4.78, 5) is 15.1. The molecule has 2 aliphatic heterocycles. The van der Waals surface area contributed by atoms with Gasteiger partial charge in [-0.15, -0.1) is 0 Å². The fourth-order valence-corrected chi connectivity index (χ4v) is 6.68. The number of fused-ring (bicyclic) bond motifs is 4. The van der Waals surface area contributed by atoms with Gasteiger partial charge < -0.3 is 9.47 Å². The Morgan fingerprint density at radius 3 is 2.15 bits per heavy atom. The first-order valence-corrected chi connectivity index (χ1v) is 14.8. The third-order valence-electron chi connectivity index (χ3n) is 9.09. The Morgan fingerprint density at radius 2 is 1.52 bits per heavy atom. The number of hydrogen-bond donors (Lipinski definition) is 1. The highest BCUT2D eigenvalue weighted by atomic mass is 19.4. The standard InChI is InChI=1S/C33H32F6N4O3/c1-22(24-14-26(32(34,35)36)16-27(15-24)33(37,38)39)46-21-31(25-10-6-3-7-11-25)13-12-30(20-45-18-23-8-4-2-5-9-23)19-42(31)17-28-40-41-29(44)43(28)30/h2-11,14-16,22H,12-13,17-21H2,1H3,(H,41,44)/t22-,30?,31-/m1/s1. The van der Waals surface area contributed by atoms with Crippen LogP contribution >= 0.6 is 0 Å². The topological polar surface area (TPSA) is 72.4 Å². The number of H-pyrrole nitrogens is 1. The van der Waals surface area contributed by atoms with Crippen LogP contribution in [-0.4, -0.2) is 39.4 Å². The summed E-state index contributed by atoms with van der Waals surface area (Å²) in [5.74, 6) is 0.500. The number of aromatic amines is 1. The Labute approximate surface area is 260 Å². The van der Waals surface area contributed by atoms with Crippen molar-refractivity contribution in [1.82, 2.24) is 19.7 Å². The molecule has 46 heavy (non-hydrogen) atoms. The van der Waals surface area contributed by atoms with Gasteiger partial charge >= 0.3 is 18.0 Å². The predicted molar refractivity (Wildman–Crippen MR) is 155 cm³/mol. The molecule has 13 heteroatoms. The number of nitrogens with zero attached hydrogens (tertiary/aromatic N) is 3. The minimum absolute atomic E-state index is 0.0363. The number of rotatable bonds is 9. The van der Waals surface area contributed by atoms with Crippen molar-refractivity contribution < 1.29 is 35.8 Å². The number of aromatic nitrogens is 3. The van der Waals surface area contributed by atoms with E-state index in [1.807, 2.05) is 60.7 Å². The van der Waals surface area contributed by atoms with Gasteiger partial charge in [-0.05, 0) is 54.7 Å². The van der Waals surface area contributed by atoms with Crippen LogP contribution in [0, 0.1) is 0 Å². The molecule has 7 nitrogen and oxygen atoms in total. The van der Waals surface area contributed by atoms with E-state index >= 15 is 0 Å². The van der Waals surface area contributed by atoms with Gasteiger partial charge in [-0.1, -0.05) is 60.7 Å². The highest BCUT2D eigenvalue weighted by Crippen LogP contribution is 2.48. The summed E-state index contributed by atoms with van der Waals surface area (Å²) in [6, 6.07) is 20.6. The van der Waals surface area contributed by atoms with E-state index in [9.17, 15) is 31.1 Å². The van der Waals surface area contributed by atoms with Crippen LogP contribution in [0.1, 0.15) is 59.5 Å². The Balaban J connectivity index is 1.31. The van der Waals surface area contributed by atoms with Gasteiger partial charge in [0.05, 0.1) is 54.7 Å².